The average molecular weight is 319 g/mol. The molecule has 2 N–H and O–H groups in total. The molecule has 0 saturated heterocycles. The zero-order valence-corrected chi connectivity index (χ0v) is 13.5. The lowest BCUT2D eigenvalue weighted by Gasteiger charge is -2.18. The van der Waals surface area contributed by atoms with Gasteiger partial charge in [0.15, 0.2) is 0 Å². The van der Waals surface area contributed by atoms with E-state index in [1.54, 1.807) is 6.20 Å². The number of benzene rings is 1. The number of pyridine rings is 1. The highest BCUT2D eigenvalue weighted by molar-refractivity contribution is 6.07. The molecular weight excluding hydrogens is 302 g/mol. The second kappa shape index (κ2) is 5.56. The Morgan fingerprint density at radius 3 is 2.83 bits per heavy atom. The fourth-order valence-electron chi connectivity index (χ4n) is 3.00. The Labute approximate surface area is 139 Å². The van der Waals surface area contributed by atoms with Crippen LogP contribution in [0.4, 0.5) is 0 Å². The Morgan fingerprint density at radius 1 is 1.17 bits per heavy atom. The predicted molar refractivity (Wildman–Crippen MR) is 92.5 cm³/mol. The van der Waals surface area contributed by atoms with Gasteiger partial charge in [-0.2, -0.15) is 5.10 Å². The Hall–Kier alpha value is -3.02. The summed E-state index contributed by atoms with van der Waals surface area (Å²) in [5, 5.41) is 4.22. The Kier molecular flexibility index (Phi) is 3.37. The minimum absolute atomic E-state index is 0.0394. The Balaban J connectivity index is 1.75. The summed E-state index contributed by atoms with van der Waals surface area (Å²) in [6.45, 7) is 3.97. The van der Waals surface area contributed by atoms with Crippen LogP contribution in [0.25, 0.3) is 22.4 Å². The molecule has 4 rings (SSSR count). The van der Waals surface area contributed by atoms with E-state index >= 15 is 0 Å². The van der Waals surface area contributed by atoms with Crippen molar-refractivity contribution in [3.8, 4) is 11.4 Å². The number of nitrogens with zero attached hydrogens (tertiary/aromatic N) is 3. The number of nitrogens with one attached hydrogen (secondary N) is 2. The highest BCUT2D eigenvalue weighted by atomic mass is 16.2. The van der Waals surface area contributed by atoms with E-state index in [0.29, 0.717) is 6.42 Å². The molecule has 6 heteroatoms. The first-order valence-corrected chi connectivity index (χ1v) is 7.90. The third kappa shape index (κ3) is 2.56. The van der Waals surface area contributed by atoms with Gasteiger partial charge in [0.1, 0.15) is 5.82 Å². The van der Waals surface area contributed by atoms with E-state index in [9.17, 15) is 4.79 Å². The van der Waals surface area contributed by atoms with Crippen molar-refractivity contribution in [1.82, 2.24) is 20.4 Å². The van der Waals surface area contributed by atoms with Crippen LogP contribution < -0.4 is 5.43 Å². The van der Waals surface area contributed by atoms with E-state index < -0.39 is 0 Å². The molecule has 0 bridgehead atoms. The van der Waals surface area contributed by atoms with Crippen LogP contribution in [0, 0.1) is 12.8 Å². The lowest BCUT2D eigenvalue weighted by molar-refractivity contribution is -0.121. The third-order valence-corrected chi connectivity index (χ3v) is 4.21. The number of aromatic nitrogens is 3. The summed E-state index contributed by atoms with van der Waals surface area (Å²) in [5.74, 6) is 0.875. The van der Waals surface area contributed by atoms with Gasteiger partial charge in [-0.1, -0.05) is 13.0 Å². The van der Waals surface area contributed by atoms with Crippen LogP contribution >= 0.6 is 0 Å². The molecule has 3 aromatic rings. The lowest BCUT2D eigenvalue weighted by Crippen LogP contribution is -2.31. The predicted octanol–water partition coefficient (Wildman–Crippen LogP) is 2.79. The molecule has 1 aliphatic rings. The number of aromatic amines is 1. The van der Waals surface area contributed by atoms with Crippen LogP contribution in [0.3, 0.4) is 0 Å². The third-order valence-electron chi connectivity index (χ3n) is 4.21. The molecule has 1 aliphatic heterocycles. The smallest absolute Gasteiger partial charge is 0.240 e. The summed E-state index contributed by atoms with van der Waals surface area (Å²) in [5.41, 5.74) is 8.25. The summed E-state index contributed by atoms with van der Waals surface area (Å²) in [6.07, 6.45) is 2.24. The Bertz CT molecular complexity index is 972. The highest BCUT2D eigenvalue weighted by Gasteiger charge is 2.22. The van der Waals surface area contributed by atoms with Crippen molar-refractivity contribution in [2.45, 2.75) is 20.3 Å². The fourth-order valence-corrected chi connectivity index (χ4v) is 3.00. The molecule has 0 spiro atoms. The number of imidazole rings is 1. The molecular formula is C18H17N5O. The largest absolute Gasteiger partial charge is 0.338 e. The van der Waals surface area contributed by atoms with Gasteiger partial charge in [0.05, 0.1) is 16.7 Å². The zero-order chi connectivity index (χ0) is 16.7. The molecule has 1 aromatic carbocycles. The number of hydrazone groups is 1. The van der Waals surface area contributed by atoms with Crippen molar-refractivity contribution in [2.24, 2.45) is 11.0 Å². The topological polar surface area (TPSA) is 83.0 Å². The number of rotatable bonds is 2. The molecule has 24 heavy (non-hydrogen) atoms. The first-order chi connectivity index (χ1) is 11.6. The molecule has 3 heterocycles. The van der Waals surface area contributed by atoms with Gasteiger partial charge in [-0.3, -0.25) is 9.78 Å². The zero-order valence-electron chi connectivity index (χ0n) is 13.5. The number of H-pyrrole nitrogens is 1. The Morgan fingerprint density at radius 2 is 2.04 bits per heavy atom. The first-order valence-electron chi connectivity index (χ1n) is 7.90. The van der Waals surface area contributed by atoms with Crippen molar-refractivity contribution < 1.29 is 4.79 Å². The second-order valence-electron chi connectivity index (χ2n) is 6.14. The van der Waals surface area contributed by atoms with Gasteiger partial charge >= 0.3 is 0 Å². The van der Waals surface area contributed by atoms with E-state index in [4.69, 9.17) is 4.98 Å². The number of amides is 1. The van der Waals surface area contributed by atoms with Crippen molar-refractivity contribution in [3.05, 3.63) is 47.8 Å². The highest BCUT2D eigenvalue weighted by Crippen LogP contribution is 2.24. The molecule has 1 amide bonds. The lowest BCUT2D eigenvalue weighted by atomic mass is 9.94. The summed E-state index contributed by atoms with van der Waals surface area (Å²) >= 11 is 0. The van der Waals surface area contributed by atoms with Crippen LogP contribution in [0.5, 0.6) is 0 Å². The molecule has 0 saturated carbocycles. The molecule has 1 atom stereocenters. The van der Waals surface area contributed by atoms with Crippen molar-refractivity contribution >= 4 is 22.7 Å². The van der Waals surface area contributed by atoms with Crippen LogP contribution in [-0.4, -0.2) is 26.6 Å². The molecule has 1 unspecified atom stereocenters. The van der Waals surface area contributed by atoms with E-state index in [0.717, 1.165) is 39.4 Å². The number of carbonyl (C=O) groups is 1. The van der Waals surface area contributed by atoms with Gasteiger partial charge in [0, 0.05) is 35.4 Å². The fraction of sp³-hybridized carbons (Fsp3) is 0.222. The molecule has 0 aliphatic carbocycles. The van der Waals surface area contributed by atoms with Gasteiger partial charge in [0.25, 0.3) is 0 Å². The van der Waals surface area contributed by atoms with Gasteiger partial charge in [0.2, 0.25) is 5.91 Å². The second-order valence-corrected chi connectivity index (χ2v) is 6.14. The monoisotopic (exact) mass is 319 g/mol. The van der Waals surface area contributed by atoms with Crippen LogP contribution in [0.15, 0.2) is 41.6 Å². The number of carbonyl (C=O) groups excluding carboxylic acids is 1. The first kappa shape index (κ1) is 14.6. The van der Waals surface area contributed by atoms with Crippen molar-refractivity contribution in [2.75, 3.05) is 0 Å². The van der Waals surface area contributed by atoms with E-state index in [1.165, 1.54) is 0 Å². The van der Waals surface area contributed by atoms with Crippen LogP contribution in [0.1, 0.15) is 24.6 Å². The van der Waals surface area contributed by atoms with Gasteiger partial charge < -0.3 is 4.98 Å². The van der Waals surface area contributed by atoms with Crippen LogP contribution in [0.2, 0.25) is 0 Å². The summed E-state index contributed by atoms with van der Waals surface area (Å²) in [7, 11) is 0. The minimum Gasteiger partial charge on any atom is -0.338 e. The molecule has 120 valence electrons. The van der Waals surface area contributed by atoms with Gasteiger partial charge in [-0.25, -0.2) is 10.4 Å². The summed E-state index contributed by atoms with van der Waals surface area (Å²) in [6, 6.07) is 9.96. The molecule has 0 fully saturated rings. The molecule has 6 nitrogen and oxygen atoms in total. The number of hydrogen-bond donors (Lipinski definition) is 2. The number of fused-ring (bicyclic) bond motifs is 1. The minimum atomic E-state index is -0.0394. The van der Waals surface area contributed by atoms with Crippen molar-refractivity contribution in [3.63, 3.8) is 0 Å². The maximum Gasteiger partial charge on any atom is 0.240 e. The van der Waals surface area contributed by atoms with Crippen LogP contribution in [-0.2, 0) is 4.79 Å². The van der Waals surface area contributed by atoms with Gasteiger partial charge in [-0.05, 0) is 31.2 Å². The average Bonchev–Trinajstić information content (AvgIpc) is 2.98. The maximum atomic E-state index is 11.4. The summed E-state index contributed by atoms with van der Waals surface area (Å²) in [4.78, 5) is 23.7. The normalized spacial score (nSPS) is 17.7. The standard InChI is InChI=1S/C18H17N5O/c1-10-7-16(24)22-23-17(10)12-3-4-14-15(9-12)21-18(20-14)13-5-6-19-11(2)8-13/h3-6,8-10H,7H2,1-2H3,(H,20,21)(H,22,24). The summed E-state index contributed by atoms with van der Waals surface area (Å²) < 4.78 is 0. The maximum absolute atomic E-state index is 11.4. The van der Waals surface area contributed by atoms with E-state index in [1.807, 2.05) is 44.2 Å². The number of hydrogen-bond acceptors (Lipinski definition) is 4. The van der Waals surface area contributed by atoms with Gasteiger partial charge in [-0.15, -0.1) is 0 Å². The van der Waals surface area contributed by atoms with Crippen molar-refractivity contribution in [1.29, 1.82) is 0 Å². The number of aryl methyl sites for hydroxylation is 1. The molecule has 2 aromatic heterocycles. The van der Waals surface area contributed by atoms with E-state index in [-0.39, 0.29) is 11.8 Å². The quantitative estimate of drug-likeness (QED) is 0.762. The molecule has 0 radical (unpaired) electrons. The SMILES string of the molecule is Cc1cc(-c2nc3cc(C4=NNC(=O)CC4C)ccc3[nH]2)ccn1. The van der Waals surface area contributed by atoms with E-state index in [2.05, 4.69) is 20.5 Å².